The predicted octanol–water partition coefficient (Wildman–Crippen LogP) is 4.53. The normalized spacial score (nSPS) is 12.2. The van der Waals surface area contributed by atoms with Crippen molar-refractivity contribution in [3.63, 3.8) is 0 Å². The summed E-state index contributed by atoms with van der Waals surface area (Å²) in [7, 11) is 0. The van der Waals surface area contributed by atoms with Gasteiger partial charge in [0, 0.05) is 16.1 Å². The second-order valence-corrected chi connectivity index (χ2v) is 5.06. The third-order valence-corrected chi connectivity index (χ3v) is 2.72. The molecule has 3 heteroatoms. The molecule has 14 heavy (non-hydrogen) atoms. The second kappa shape index (κ2) is 4.13. The van der Waals surface area contributed by atoms with Crippen LogP contribution in [0.15, 0.2) is 18.2 Å². The van der Waals surface area contributed by atoms with Crippen LogP contribution in [-0.2, 0) is 5.92 Å². The molecule has 1 aromatic carbocycles. The van der Waals surface area contributed by atoms with Gasteiger partial charge in [-0.2, -0.15) is 0 Å². The molecule has 0 saturated carbocycles. The molecule has 0 fully saturated rings. The average molecular weight is 310 g/mol. The molecule has 0 amide bonds. The van der Waals surface area contributed by atoms with E-state index in [-0.39, 0.29) is 11.5 Å². The van der Waals surface area contributed by atoms with Crippen molar-refractivity contribution in [3.8, 4) is 0 Å². The van der Waals surface area contributed by atoms with Crippen LogP contribution in [0.5, 0.6) is 0 Å². The maximum absolute atomic E-state index is 13.1. The number of alkyl halides is 2. The van der Waals surface area contributed by atoms with Crippen molar-refractivity contribution in [1.29, 1.82) is 0 Å². The highest BCUT2D eigenvalue weighted by Crippen LogP contribution is 2.30. The lowest BCUT2D eigenvalue weighted by atomic mass is 9.99. The molecule has 1 aromatic rings. The maximum Gasteiger partial charge on any atom is 0.270 e. The number of rotatable bonds is 2. The molecule has 0 saturated heterocycles. The quantitative estimate of drug-likeness (QED) is 0.704. The van der Waals surface area contributed by atoms with Crippen molar-refractivity contribution in [1.82, 2.24) is 0 Å². The molecule has 0 aromatic heterocycles. The molecule has 0 atom stereocenters. The highest BCUT2D eigenvalue weighted by atomic mass is 127. The molecule has 0 bridgehead atoms. The lowest BCUT2D eigenvalue weighted by Gasteiger charge is -2.14. The van der Waals surface area contributed by atoms with E-state index >= 15 is 0 Å². The molecule has 0 nitrogen and oxygen atoms in total. The first-order valence-corrected chi connectivity index (χ1v) is 5.57. The Morgan fingerprint density at radius 3 is 2.21 bits per heavy atom. The molecule has 0 aliphatic carbocycles. The van der Waals surface area contributed by atoms with Gasteiger partial charge >= 0.3 is 0 Å². The Kier molecular flexibility index (Phi) is 3.50. The van der Waals surface area contributed by atoms with Crippen LogP contribution in [0.3, 0.4) is 0 Å². The van der Waals surface area contributed by atoms with E-state index in [9.17, 15) is 8.78 Å². The van der Waals surface area contributed by atoms with Gasteiger partial charge in [-0.1, -0.05) is 13.8 Å². The molecule has 0 unspecified atom stereocenters. The summed E-state index contributed by atoms with van der Waals surface area (Å²) in [5.41, 5.74) is 1.07. The van der Waals surface area contributed by atoms with Gasteiger partial charge in [0.1, 0.15) is 0 Å². The zero-order valence-corrected chi connectivity index (χ0v) is 10.6. The van der Waals surface area contributed by atoms with E-state index in [2.05, 4.69) is 22.6 Å². The highest BCUT2D eigenvalue weighted by molar-refractivity contribution is 14.1. The van der Waals surface area contributed by atoms with Gasteiger partial charge in [0.2, 0.25) is 0 Å². The van der Waals surface area contributed by atoms with E-state index < -0.39 is 5.92 Å². The van der Waals surface area contributed by atoms with E-state index in [1.54, 1.807) is 6.07 Å². The van der Waals surface area contributed by atoms with Gasteiger partial charge < -0.3 is 0 Å². The first kappa shape index (κ1) is 11.9. The van der Waals surface area contributed by atoms with Crippen molar-refractivity contribution in [3.05, 3.63) is 32.9 Å². The molecule has 1 rings (SSSR count). The zero-order chi connectivity index (χ0) is 10.9. The lowest BCUT2D eigenvalue weighted by molar-refractivity contribution is 0.0173. The molecular formula is C11H13F2I. The molecule has 0 radical (unpaired) electrons. The van der Waals surface area contributed by atoms with Crippen LogP contribution in [-0.4, -0.2) is 0 Å². The Balaban J connectivity index is 3.21. The smallest absolute Gasteiger partial charge is 0.202 e. The second-order valence-electron chi connectivity index (χ2n) is 3.82. The first-order chi connectivity index (χ1) is 6.30. The molecule has 0 aliphatic rings. The van der Waals surface area contributed by atoms with Crippen molar-refractivity contribution >= 4 is 22.6 Å². The van der Waals surface area contributed by atoms with Crippen molar-refractivity contribution in [2.24, 2.45) is 0 Å². The van der Waals surface area contributed by atoms with Crippen molar-refractivity contribution in [2.75, 3.05) is 0 Å². The summed E-state index contributed by atoms with van der Waals surface area (Å²) in [6.45, 7) is 4.94. The Morgan fingerprint density at radius 2 is 1.79 bits per heavy atom. The fraction of sp³-hybridized carbons (Fsp3) is 0.455. The molecule has 0 aliphatic heterocycles. The van der Waals surface area contributed by atoms with Crippen molar-refractivity contribution < 1.29 is 8.78 Å². The summed E-state index contributed by atoms with van der Waals surface area (Å²) >= 11 is 2.07. The fourth-order valence-electron chi connectivity index (χ4n) is 1.20. The fourth-order valence-corrected chi connectivity index (χ4v) is 1.89. The van der Waals surface area contributed by atoms with Crippen LogP contribution < -0.4 is 0 Å². The maximum atomic E-state index is 13.1. The van der Waals surface area contributed by atoms with Crippen LogP contribution in [0.25, 0.3) is 0 Å². The van der Waals surface area contributed by atoms with Crippen molar-refractivity contribution in [2.45, 2.75) is 32.6 Å². The Bertz CT molecular complexity index is 327. The van der Waals surface area contributed by atoms with Gasteiger partial charge in [-0.25, -0.2) is 8.78 Å². The minimum Gasteiger partial charge on any atom is -0.202 e. The van der Waals surface area contributed by atoms with Gasteiger partial charge in [-0.15, -0.1) is 0 Å². The Hall–Kier alpha value is -0.190. The number of hydrogen-bond donors (Lipinski definition) is 0. The Morgan fingerprint density at radius 1 is 1.21 bits per heavy atom. The van der Waals surface area contributed by atoms with Crippen LogP contribution in [0.1, 0.15) is 37.8 Å². The predicted molar refractivity (Wildman–Crippen MR) is 62.8 cm³/mol. The molecular weight excluding hydrogens is 297 g/mol. The van der Waals surface area contributed by atoms with E-state index in [1.807, 2.05) is 19.9 Å². The van der Waals surface area contributed by atoms with Gasteiger partial charge in [-0.3, -0.25) is 0 Å². The molecule has 0 heterocycles. The zero-order valence-electron chi connectivity index (χ0n) is 8.44. The summed E-state index contributed by atoms with van der Waals surface area (Å²) in [5.74, 6) is -2.46. The third kappa shape index (κ3) is 2.90. The minimum absolute atomic E-state index is 0.105. The standard InChI is InChI=1S/C11H13F2I/c1-7(2)8-4-9(11(3,12)13)6-10(14)5-8/h4-7H,1-3H3. The van der Waals surface area contributed by atoms with Crippen LogP contribution >= 0.6 is 22.6 Å². The first-order valence-electron chi connectivity index (χ1n) is 4.49. The summed E-state index contributed by atoms with van der Waals surface area (Å²) in [6, 6.07) is 5.07. The molecule has 0 spiro atoms. The molecule has 78 valence electrons. The van der Waals surface area contributed by atoms with E-state index in [0.717, 1.165) is 16.1 Å². The topological polar surface area (TPSA) is 0 Å². The van der Waals surface area contributed by atoms with Crippen LogP contribution in [0, 0.1) is 3.57 Å². The number of halogens is 3. The number of hydrogen-bond acceptors (Lipinski definition) is 0. The van der Waals surface area contributed by atoms with E-state index in [1.165, 1.54) is 6.07 Å². The van der Waals surface area contributed by atoms with E-state index in [4.69, 9.17) is 0 Å². The summed E-state index contributed by atoms with van der Waals surface area (Å²) in [4.78, 5) is 0. The Labute approximate surface area is 96.8 Å². The van der Waals surface area contributed by atoms with E-state index in [0.29, 0.717) is 0 Å². The number of benzene rings is 1. The average Bonchev–Trinajstić information content (AvgIpc) is 2.01. The minimum atomic E-state index is -2.75. The largest absolute Gasteiger partial charge is 0.270 e. The highest BCUT2D eigenvalue weighted by Gasteiger charge is 2.25. The lowest BCUT2D eigenvalue weighted by Crippen LogP contribution is -2.08. The monoisotopic (exact) mass is 310 g/mol. The molecule has 0 N–H and O–H groups in total. The van der Waals surface area contributed by atoms with Gasteiger partial charge in [0.25, 0.3) is 5.92 Å². The third-order valence-electron chi connectivity index (χ3n) is 2.09. The SMILES string of the molecule is CC(C)c1cc(I)cc(C(C)(F)F)c1. The summed E-state index contributed by atoms with van der Waals surface area (Å²) < 4.78 is 27.0. The van der Waals surface area contributed by atoms with Gasteiger partial charge in [0.05, 0.1) is 0 Å². The summed E-state index contributed by atoms with van der Waals surface area (Å²) in [5, 5.41) is 0. The van der Waals surface area contributed by atoms with Crippen LogP contribution in [0.2, 0.25) is 0 Å². The van der Waals surface area contributed by atoms with Gasteiger partial charge in [0.15, 0.2) is 0 Å². The van der Waals surface area contributed by atoms with Crippen LogP contribution in [0.4, 0.5) is 8.78 Å². The summed E-state index contributed by atoms with van der Waals surface area (Å²) in [6.07, 6.45) is 0. The van der Waals surface area contributed by atoms with Gasteiger partial charge in [-0.05, 0) is 52.3 Å².